The summed E-state index contributed by atoms with van der Waals surface area (Å²) in [6.07, 6.45) is 6.58. The molecule has 38 heavy (non-hydrogen) atoms. The second-order valence-electron chi connectivity index (χ2n) is 9.99. The van der Waals surface area contributed by atoms with Crippen LogP contribution in [0.25, 0.3) is 48.7 Å². The number of allylic oxidation sites excluding steroid dienone is 3. The van der Waals surface area contributed by atoms with Crippen LogP contribution >= 0.6 is 11.8 Å². The summed E-state index contributed by atoms with van der Waals surface area (Å²) in [5, 5.41) is 22.2. The zero-order chi connectivity index (χ0) is 25.4. The van der Waals surface area contributed by atoms with E-state index >= 15 is 0 Å². The summed E-state index contributed by atoms with van der Waals surface area (Å²) in [6.45, 7) is 0. The van der Waals surface area contributed by atoms with E-state index in [2.05, 4.69) is 91.0 Å². The molecule has 1 aliphatic heterocycles. The van der Waals surface area contributed by atoms with Gasteiger partial charge in [0.15, 0.2) is 0 Å². The van der Waals surface area contributed by atoms with Crippen LogP contribution in [0, 0.1) is 10.1 Å². The van der Waals surface area contributed by atoms with Gasteiger partial charge in [-0.2, -0.15) is 0 Å². The second kappa shape index (κ2) is 8.04. The number of nitro groups is 1. The van der Waals surface area contributed by atoms with Gasteiger partial charge in [-0.1, -0.05) is 103 Å². The Bertz CT molecular complexity index is 2060. The molecular weight excluding hydrogens is 486 g/mol. The molecule has 180 valence electrons. The molecule has 1 aliphatic carbocycles. The molecule has 6 aromatic rings. The lowest BCUT2D eigenvalue weighted by atomic mass is 9.82. The first kappa shape index (κ1) is 21.7. The van der Waals surface area contributed by atoms with Crippen molar-refractivity contribution in [2.24, 2.45) is 0 Å². The third-order valence-electron chi connectivity index (χ3n) is 8.07. The summed E-state index contributed by atoms with van der Waals surface area (Å²) in [6, 6.07) is 33.3. The number of thioether (sulfide) groups is 1. The fourth-order valence-corrected chi connectivity index (χ4v) is 8.08. The largest absolute Gasteiger partial charge is 0.277 e. The van der Waals surface area contributed by atoms with E-state index in [1.165, 1.54) is 53.5 Å². The Balaban J connectivity index is 1.45. The van der Waals surface area contributed by atoms with E-state index in [4.69, 9.17) is 0 Å². The normalized spacial score (nSPS) is 18.2. The number of rotatable bonds is 2. The Kier molecular flexibility index (Phi) is 4.58. The van der Waals surface area contributed by atoms with Gasteiger partial charge < -0.3 is 0 Å². The minimum atomic E-state index is -0.287. The summed E-state index contributed by atoms with van der Waals surface area (Å²) in [7, 11) is 0. The van der Waals surface area contributed by atoms with E-state index in [-0.39, 0.29) is 21.8 Å². The molecule has 2 unspecified atom stereocenters. The maximum absolute atomic E-state index is 11.7. The van der Waals surface area contributed by atoms with Crippen LogP contribution < -0.4 is 0 Å². The van der Waals surface area contributed by atoms with Crippen LogP contribution in [0.3, 0.4) is 0 Å². The smallest absolute Gasteiger partial charge is 0.258 e. The minimum Gasteiger partial charge on any atom is -0.258 e. The van der Waals surface area contributed by atoms with Crippen LogP contribution in [0.2, 0.25) is 0 Å². The Morgan fingerprint density at radius 2 is 1.21 bits per heavy atom. The first-order valence-electron chi connectivity index (χ1n) is 12.8. The summed E-state index contributed by atoms with van der Waals surface area (Å²) in [5.74, 6) is 0.209. The Morgan fingerprint density at radius 3 is 1.89 bits per heavy atom. The van der Waals surface area contributed by atoms with Crippen molar-refractivity contribution < 1.29 is 4.92 Å². The maximum Gasteiger partial charge on any atom is 0.277 e. The van der Waals surface area contributed by atoms with Crippen LogP contribution in [0.5, 0.6) is 0 Å². The first-order valence-corrected chi connectivity index (χ1v) is 13.7. The van der Waals surface area contributed by atoms with Crippen molar-refractivity contribution in [3.05, 3.63) is 137 Å². The highest BCUT2D eigenvalue weighted by Crippen LogP contribution is 2.57. The first-order chi connectivity index (χ1) is 18.7. The van der Waals surface area contributed by atoms with Gasteiger partial charge in [0.05, 0.1) is 10.5 Å². The number of nitrogens with zero attached hydrogens (tertiary/aromatic N) is 1. The highest BCUT2D eigenvalue weighted by atomic mass is 32.2. The highest BCUT2D eigenvalue weighted by Gasteiger charge is 2.37. The fourth-order valence-electron chi connectivity index (χ4n) is 6.52. The van der Waals surface area contributed by atoms with Crippen LogP contribution in [0.1, 0.15) is 17.0 Å². The number of hydrogen-bond acceptors (Lipinski definition) is 3. The summed E-state index contributed by atoms with van der Waals surface area (Å²) >= 11 is 1.90. The van der Waals surface area contributed by atoms with Crippen LogP contribution in [-0.2, 0) is 0 Å². The summed E-state index contributed by atoms with van der Waals surface area (Å²) in [4.78, 5) is 12.8. The molecule has 0 aromatic heterocycles. The van der Waals surface area contributed by atoms with Gasteiger partial charge in [0.25, 0.3) is 5.69 Å². The lowest BCUT2D eigenvalue weighted by Gasteiger charge is -2.20. The summed E-state index contributed by atoms with van der Waals surface area (Å²) in [5.41, 5.74) is 3.12. The van der Waals surface area contributed by atoms with Crippen molar-refractivity contribution in [1.82, 2.24) is 0 Å². The van der Waals surface area contributed by atoms with Gasteiger partial charge in [-0.05, 0) is 54.9 Å². The Labute approximate surface area is 223 Å². The molecule has 8 rings (SSSR count). The third-order valence-corrected chi connectivity index (χ3v) is 9.43. The number of para-hydroxylation sites is 1. The van der Waals surface area contributed by atoms with Crippen molar-refractivity contribution in [1.29, 1.82) is 0 Å². The standard InChI is InChI=1S/C34H21NO2S/c36-35(37)29-16-8-7-9-21(29)20-17-18-28-30(19-20)38-34-32(28)27-15-6-5-14-26(27)31-24-12-3-1-10-22(24)23-11-2-4-13-25(23)33(31)34/h1-19,28,30H. The van der Waals surface area contributed by atoms with Crippen LogP contribution in [0.4, 0.5) is 5.69 Å². The molecule has 6 aromatic carbocycles. The molecule has 4 heteroatoms. The van der Waals surface area contributed by atoms with Gasteiger partial charge in [0.2, 0.25) is 0 Å². The quantitative estimate of drug-likeness (QED) is 0.133. The molecule has 0 saturated heterocycles. The van der Waals surface area contributed by atoms with E-state index in [1.807, 2.05) is 23.9 Å². The SMILES string of the molecule is O=[N+]([O-])c1ccccc1C1=CC2Sc3c(c4ccccc4c4c5ccccc5c5ccccc5c34)C2C=C1. The molecule has 2 aliphatic rings. The molecular formula is C34H21NO2S. The molecule has 3 nitrogen and oxygen atoms in total. The average molecular weight is 508 g/mol. The maximum atomic E-state index is 11.7. The summed E-state index contributed by atoms with van der Waals surface area (Å²) < 4.78 is 0. The van der Waals surface area contributed by atoms with E-state index < -0.39 is 0 Å². The number of fused-ring (bicyclic) bond motifs is 13. The van der Waals surface area contributed by atoms with Crippen molar-refractivity contribution in [3.63, 3.8) is 0 Å². The molecule has 0 saturated carbocycles. The zero-order valence-corrected chi connectivity index (χ0v) is 21.1. The lowest BCUT2D eigenvalue weighted by Crippen LogP contribution is -2.10. The molecule has 0 bridgehead atoms. The molecule has 0 spiro atoms. The number of nitro benzene ring substituents is 1. The predicted octanol–water partition coefficient (Wildman–Crippen LogP) is 9.42. The van der Waals surface area contributed by atoms with Crippen LogP contribution in [-0.4, -0.2) is 10.2 Å². The number of benzene rings is 6. The minimum absolute atomic E-state index is 0.149. The molecule has 0 N–H and O–H groups in total. The van der Waals surface area contributed by atoms with E-state index in [1.54, 1.807) is 12.1 Å². The average Bonchev–Trinajstić information content (AvgIpc) is 3.36. The topological polar surface area (TPSA) is 43.1 Å². The molecule has 0 radical (unpaired) electrons. The van der Waals surface area contributed by atoms with Crippen molar-refractivity contribution in [2.45, 2.75) is 16.1 Å². The van der Waals surface area contributed by atoms with Crippen molar-refractivity contribution in [2.75, 3.05) is 0 Å². The van der Waals surface area contributed by atoms with Gasteiger partial charge >= 0.3 is 0 Å². The van der Waals surface area contributed by atoms with Crippen LogP contribution in [0.15, 0.2) is 120 Å². The van der Waals surface area contributed by atoms with E-state index in [9.17, 15) is 10.1 Å². The van der Waals surface area contributed by atoms with Gasteiger partial charge in [-0.15, -0.1) is 11.8 Å². The van der Waals surface area contributed by atoms with Crippen molar-refractivity contribution in [3.8, 4) is 0 Å². The lowest BCUT2D eigenvalue weighted by molar-refractivity contribution is -0.385. The molecule has 2 atom stereocenters. The molecule has 1 heterocycles. The van der Waals surface area contributed by atoms with Crippen molar-refractivity contribution >= 4 is 66.1 Å². The molecule has 0 amide bonds. The van der Waals surface area contributed by atoms with Gasteiger partial charge in [0.1, 0.15) is 0 Å². The highest BCUT2D eigenvalue weighted by molar-refractivity contribution is 8.00. The second-order valence-corrected chi connectivity index (χ2v) is 11.2. The fraction of sp³-hybridized carbons (Fsp3) is 0.0588. The van der Waals surface area contributed by atoms with E-state index in [0.29, 0.717) is 5.56 Å². The number of hydrogen-bond donors (Lipinski definition) is 0. The van der Waals surface area contributed by atoms with Gasteiger partial charge in [-0.25, -0.2) is 0 Å². The predicted molar refractivity (Wildman–Crippen MR) is 159 cm³/mol. The van der Waals surface area contributed by atoms with Gasteiger partial charge in [0, 0.05) is 27.5 Å². The van der Waals surface area contributed by atoms with Gasteiger partial charge in [-0.3, -0.25) is 10.1 Å². The Morgan fingerprint density at radius 1 is 0.658 bits per heavy atom. The third kappa shape index (κ3) is 2.92. The Hall–Kier alpha value is -4.41. The zero-order valence-electron chi connectivity index (χ0n) is 20.3. The van der Waals surface area contributed by atoms with E-state index in [0.717, 1.165) is 5.57 Å². The monoisotopic (exact) mass is 507 g/mol. The molecule has 0 fully saturated rings.